The van der Waals surface area contributed by atoms with E-state index in [2.05, 4.69) is 97.9 Å². The predicted molar refractivity (Wildman–Crippen MR) is 108 cm³/mol. The summed E-state index contributed by atoms with van der Waals surface area (Å²) in [6.45, 7) is 2.29. The standard InChI is InChI=1S/C23H26As.HI/c1-2-3-13-20-24(21-14-7-4-8-15-21,22-16-9-5-10-17-22)23-18-11-6-12-19-23;/h4-12,14-19H,2-3,13,20H2,1H3;1H/q+1;/p-1. The zero-order chi connectivity index (χ0) is 16.7. The zero-order valence-electron chi connectivity index (χ0n) is 14.8. The van der Waals surface area contributed by atoms with Crippen molar-refractivity contribution in [3.8, 4) is 0 Å². The van der Waals surface area contributed by atoms with Crippen LogP contribution < -0.4 is 37.0 Å². The topological polar surface area (TPSA) is 0 Å². The molecule has 0 spiro atoms. The first-order valence-corrected chi connectivity index (χ1v) is 13.1. The van der Waals surface area contributed by atoms with E-state index in [1.54, 1.807) is 13.1 Å². The average Bonchev–Trinajstić information content (AvgIpc) is 2.68. The Hall–Kier alpha value is -1.05. The summed E-state index contributed by atoms with van der Waals surface area (Å²) in [7, 11) is 0. The average molecular weight is 504 g/mol. The summed E-state index contributed by atoms with van der Waals surface area (Å²) in [5.41, 5.74) is 0. The SMILES string of the molecule is CCCCC[As+](c1ccccc1)(c1ccccc1)c1ccccc1.[I-]. The summed E-state index contributed by atoms with van der Waals surface area (Å²) in [4.78, 5) is 0. The third kappa shape index (κ3) is 4.57. The van der Waals surface area contributed by atoms with Crippen LogP contribution >= 0.6 is 0 Å². The van der Waals surface area contributed by atoms with Gasteiger partial charge < -0.3 is 24.0 Å². The van der Waals surface area contributed by atoms with Crippen LogP contribution in [0.3, 0.4) is 0 Å². The van der Waals surface area contributed by atoms with E-state index in [9.17, 15) is 0 Å². The van der Waals surface area contributed by atoms with Crippen LogP contribution in [0.5, 0.6) is 0 Å². The molecule has 0 heterocycles. The second-order valence-electron chi connectivity index (χ2n) is 6.25. The van der Waals surface area contributed by atoms with E-state index in [0.29, 0.717) is 0 Å². The Balaban J connectivity index is 0.00000225. The first kappa shape index (κ1) is 20.3. The summed E-state index contributed by atoms with van der Waals surface area (Å²) >= 11 is -2.41. The Bertz CT molecular complexity index is 629. The van der Waals surface area contributed by atoms with E-state index in [4.69, 9.17) is 0 Å². The second kappa shape index (κ2) is 10.2. The summed E-state index contributed by atoms with van der Waals surface area (Å²) in [5, 5.41) is 1.31. The van der Waals surface area contributed by atoms with Gasteiger partial charge in [0, 0.05) is 0 Å². The molecule has 0 bridgehead atoms. The molecule has 0 nitrogen and oxygen atoms in total. The normalized spacial score (nSPS) is 10.9. The third-order valence-electron chi connectivity index (χ3n) is 4.69. The van der Waals surface area contributed by atoms with Gasteiger partial charge >= 0.3 is 149 Å². The van der Waals surface area contributed by atoms with Crippen molar-refractivity contribution < 1.29 is 24.0 Å². The van der Waals surface area contributed by atoms with Crippen LogP contribution in [0.4, 0.5) is 0 Å². The van der Waals surface area contributed by atoms with Crippen LogP contribution in [-0.2, 0) is 0 Å². The van der Waals surface area contributed by atoms with Crippen molar-refractivity contribution in [3.05, 3.63) is 91.0 Å². The van der Waals surface area contributed by atoms with Crippen molar-refractivity contribution in [2.24, 2.45) is 0 Å². The van der Waals surface area contributed by atoms with Crippen LogP contribution in [0.15, 0.2) is 91.0 Å². The fourth-order valence-electron chi connectivity index (χ4n) is 3.48. The molecule has 0 radical (unpaired) electrons. The number of hydrogen-bond acceptors (Lipinski definition) is 0. The van der Waals surface area contributed by atoms with Crippen LogP contribution in [0, 0.1) is 0 Å². The van der Waals surface area contributed by atoms with Gasteiger partial charge in [-0.2, -0.15) is 0 Å². The molecule has 130 valence electrons. The van der Waals surface area contributed by atoms with Gasteiger partial charge in [-0.3, -0.25) is 0 Å². The van der Waals surface area contributed by atoms with Gasteiger partial charge in [0.25, 0.3) is 0 Å². The molecule has 25 heavy (non-hydrogen) atoms. The Morgan fingerprint density at radius 1 is 0.560 bits per heavy atom. The summed E-state index contributed by atoms with van der Waals surface area (Å²) in [6.07, 6.45) is 3.89. The molecule has 0 amide bonds. The van der Waals surface area contributed by atoms with Gasteiger partial charge in [0.05, 0.1) is 0 Å². The summed E-state index contributed by atoms with van der Waals surface area (Å²) in [5.74, 6) is 0. The van der Waals surface area contributed by atoms with Gasteiger partial charge in [-0.05, 0) is 0 Å². The number of halogens is 1. The number of benzene rings is 3. The van der Waals surface area contributed by atoms with Crippen molar-refractivity contribution in [2.45, 2.75) is 31.4 Å². The van der Waals surface area contributed by atoms with Crippen LogP contribution in [0.25, 0.3) is 0 Å². The maximum atomic E-state index is 2.36. The fourth-order valence-corrected chi connectivity index (χ4v) is 12.7. The van der Waals surface area contributed by atoms with Crippen LogP contribution in [-0.4, -0.2) is 13.6 Å². The zero-order valence-corrected chi connectivity index (χ0v) is 18.8. The molecule has 2 heteroatoms. The summed E-state index contributed by atoms with van der Waals surface area (Å²) < 4.78 is 4.68. The van der Waals surface area contributed by atoms with E-state index in [1.807, 2.05) is 0 Å². The molecule has 0 atom stereocenters. The van der Waals surface area contributed by atoms with E-state index >= 15 is 0 Å². The fraction of sp³-hybridized carbons (Fsp3) is 0.217. The molecular formula is C23H26AsI. The summed E-state index contributed by atoms with van der Waals surface area (Å²) in [6, 6.07) is 33.8. The van der Waals surface area contributed by atoms with Gasteiger partial charge in [0.1, 0.15) is 0 Å². The minimum Gasteiger partial charge on any atom is -1.00 e. The smallest absolute Gasteiger partial charge is 1.00 e. The van der Waals surface area contributed by atoms with Crippen molar-refractivity contribution in [1.29, 1.82) is 0 Å². The van der Waals surface area contributed by atoms with Crippen LogP contribution in [0.1, 0.15) is 26.2 Å². The third-order valence-corrected chi connectivity index (χ3v) is 14.2. The van der Waals surface area contributed by atoms with Crippen molar-refractivity contribution in [3.63, 3.8) is 0 Å². The Labute approximate surface area is 172 Å². The molecule has 3 aromatic carbocycles. The molecule has 0 aliphatic rings. The van der Waals surface area contributed by atoms with E-state index < -0.39 is 13.6 Å². The van der Waals surface area contributed by atoms with Gasteiger partial charge in [-0.1, -0.05) is 0 Å². The molecule has 0 N–H and O–H groups in total. The maximum Gasteiger partial charge on any atom is -1.00 e. The molecule has 3 rings (SSSR count). The van der Waals surface area contributed by atoms with Crippen molar-refractivity contribution in [2.75, 3.05) is 0 Å². The minimum atomic E-state index is -2.41. The largest absolute Gasteiger partial charge is 1.00 e. The minimum absolute atomic E-state index is 0. The Morgan fingerprint density at radius 3 is 1.24 bits per heavy atom. The van der Waals surface area contributed by atoms with E-state index in [1.165, 1.54) is 24.5 Å². The molecule has 3 aromatic rings. The van der Waals surface area contributed by atoms with Crippen molar-refractivity contribution in [1.82, 2.24) is 0 Å². The molecular weight excluding hydrogens is 478 g/mol. The van der Waals surface area contributed by atoms with E-state index in [0.717, 1.165) is 0 Å². The maximum absolute atomic E-state index is 2.41. The second-order valence-corrected chi connectivity index (χ2v) is 13.8. The molecule has 0 saturated heterocycles. The molecule has 0 aromatic heterocycles. The number of hydrogen-bond donors (Lipinski definition) is 0. The molecule has 0 aliphatic carbocycles. The van der Waals surface area contributed by atoms with Gasteiger partial charge in [-0.15, -0.1) is 0 Å². The van der Waals surface area contributed by atoms with Crippen LogP contribution in [0.2, 0.25) is 5.21 Å². The van der Waals surface area contributed by atoms with Gasteiger partial charge in [0.15, 0.2) is 0 Å². The molecule has 0 saturated carbocycles. The number of rotatable bonds is 7. The molecule has 0 aliphatic heterocycles. The monoisotopic (exact) mass is 504 g/mol. The van der Waals surface area contributed by atoms with Gasteiger partial charge in [-0.25, -0.2) is 0 Å². The first-order chi connectivity index (χ1) is 11.9. The van der Waals surface area contributed by atoms with Gasteiger partial charge in [0.2, 0.25) is 0 Å². The first-order valence-electron chi connectivity index (χ1n) is 8.93. The Morgan fingerprint density at radius 2 is 0.920 bits per heavy atom. The quantitative estimate of drug-likeness (QED) is 0.259. The molecule has 0 fully saturated rings. The number of unbranched alkanes of at least 4 members (excludes halogenated alkanes) is 2. The predicted octanol–water partition coefficient (Wildman–Crippen LogP) is 1.35. The van der Waals surface area contributed by atoms with Crippen molar-refractivity contribution >= 4 is 26.6 Å². The molecule has 0 unspecified atom stereocenters. The van der Waals surface area contributed by atoms with E-state index in [-0.39, 0.29) is 24.0 Å². The Kier molecular flexibility index (Phi) is 8.25.